The fourth-order valence-electron chi connectivity index (χ4n) is 1.97. The van der Waals surface area contributed by atoms with Crippen LogP contribution in [0.15, 0.2) is 6.07 Å². The van der Waals surface area contributed by atoms with Crippen LogP contribution in [0, 0.1) is 13.8 Å². The van der Waals surface area contributed by atoms with E-state index in [0.29, 0.717) is 0 Å². The third-order valence-corrected chi connectivity index (χ3v) is 2.61. The van der Waals surface area contributed by atoms with Gasteiger partial charge in [0.2, 0.25) is 0 Å². The number of hydrogen-bond acceptors (Lipinski definition) is 4. The molecule has 0 bridgehead atoms. The minimum absolute atomic E-state index is 0.875. The van der Waals surface area contributed by atoms with Gasteiger partial charge in [0.05, 0.1) is 5.69 Å². The van der Waals surface area contributed by atoms with Crippen LogP contribution in [-0.2, 0) is 6.54 Å². The first-order valence-electron chi connectivity index (χ1n) is 5.48. The van der Waals surface area contributed by atoms with Gasteiger partial charge in [0.25, 0.3) is 0 Å². The van der Waals surface area contributed by atoms with Crippen molar-refractivity contribution in [2.45, 2.75) is 20.4 Å². The summed E-state index contributed by atoms with van der Waals surface area (Å²) in [6.45, 7) is 9.33. The standard InChI is InChI=1S/C11H18N4/c1-9-7-11(14-10(2)13-9)8-15-5-3-12-4-6-15/h7,12H,3-6,8H2,1-2H3. The largest absolute Gasteiger partial charge is 0.314 e. The van der Waals surface area contributed by atoms with Gasteiger partial charge in [-0.3, -0.25) is 4.90 Å². The van der Waals surface area contributed by atoms with Gasteiger partial charge in [0, 0.05) is 38.4 Å². The number of nitrogens with one attached hydrogen (secondary N) is 1. The Morgan fingerprint density at radius 3 is 2.67 bits per heavy atom. The molecule has 0 radical (unpaired) electrons. The molecule has 1 aromatic heterocycles. The Balaban J connectivity index is 2.02. The second-order valence-corrected chi connectivity index (χ2v) is 4.07. The van der Waals surface area contributed by atoms with E-state index in [1.807, 2.05) is 13.8 Å². The number of nitrogens with zero attached hydrogens (tertiary/aromatic N) is 3. The Labute approximate surface area is 90.7 Å². The summed E-state index contributed by atoms with van der Waals surface area (Å²) in [6, 6.07) is 2.08. The second-order valence-electron chi connectivity index (χ2n) is 4.07. The molecule has 2 heterocycles. The summed E-state index contributed by atoms with van der Waals surface area (Å²) >= 11 is 0. The quantitative estimate of drug-likeness (QED) is 0.765. The van der Waals surface area contributed by atoms with Crippen LogP contribution >= 0.6 is 0 Å². The molecule has 2 rings (SSSR count). The maximum Gasteiger partial charge on any atom is 0.125 e. The molecule has 1 aliphatic heterocycles. The summed E-state index contributed by atoms with van der Waals surface area (Å²) in [7, 11) is 0. The van der Waals surface area contributed by atoms with Gasteiger partial charge in [-0.2, -0.15) is 0 Å². The SMILES string of the molecule is Cc1cc(CN2CCNCC2)nc(C)n1. The van der Waals surface area contributed by atoms with Crippen LogP contribution in [0.1, 0.15) is 17.2 Å². The molecule has 1 aromatic rings. The van der Waals surface area contributed by atoms with Crippen molar-refractivity contribution in [3.63, 3.8) is 0 Å². The Bertz CT molecular complexity index is 311. The van der Waals surface area contributed by atoms with Crippen molar-refractivity contribution in [1.82, 2.24) is 20.2 Å². The fourth-order valence-corrected chi connectivity index (χ4v) is 1.97. The predicted molar refractivity (Wildman–Crippen MR) is 59.7 cm³/mol. The van der Waals surface area contributed by atoms with Crippen molar-refractivity contribution in [2.24, 2.45) is 0 Å². The van der Waals surface area contributed by atoms with Crippen molar-refractivity contribution in [1.29, 1.82) is 0 Å². The zero-order valence-corrected chi connectivity index (χ0v) is 9.45. The Morgan fingerprint density at radius 2 is 2.00 bits per heavy atom. The molecule has 0 amide bonds. The molecule has 4 nitrogen and oxygen atoms in total. The summed E-state index contributed by atoms with van der Waals surface area (Å²) in [5.74, 6) is 0.875. The lowest BCUT2D eigenvalue weighted by Crippen LogP contribution is -2.43. The first kappa shape index (κ1) is 10.5. The Morgan fingerprint density at radius 1 is 1.27 bits per heavy atom. The molecule has 0 unspecified atom stereocenters. The van der Waals surface area contributed by atoms with Gasteiger partial charge >= 0.3 is 0 Å². The predicted octanol–water partition coefficient (Wildman–Crippen LogP) is 0.499. The second kappa shape index (κ2) is 4.68. The molecule has 0 saturated carbocycles. The average Bonchev–Trinajstić information content (AvgIpc) is 2.17. The van der Waals surface area contributed by atoms with Gasteiger partial charge in [-0.25, -0.2) is 9.97 Å². The van der Waals surface area contributed by atoms with E-state index in [2.05, 4.69) is 26.3 Å². The molecule has 4 heteroatoms. The molecule has 15 heavy (non-hydrogen) atoms. The van der Waals surface area contributed by atoms with Crippen LogP contribution in [0.4, 0.5) is 0 Å². The number of rotatable bonds is 2. The maximum atomic E-state index is 4.45. The van der Waals surface area contributed by atoms with E-state index in [4.69, 9.17) is 0 Å². The highest BCUT2D eigenvalue weighted by Crippen LogP contribution is 2.05. The third-order valence-electron chi connectivity index (χ3n) is 2.61. The van der Waals surface area contributed by atoms with Gasteiger partial charge in [-0.15, -0.1) is 0 Å². The highest BCUT2D eigenvalue weighted by atomic mass is 15.2. The summed E-state index contributed by atoms with van der Waals surface area (Å²) in [4.78, 5) is 11.2. The molecule has 0 spiro atoms. The van der Waals surface area contributed by atoms with Crippen molar-refractivity contribution >= 4 is 0 Å². The molecule has 1 aliphatic rings. The average molecular weight is 206 g/mol. The third kappa shape index (κ3) is 2.97. The number of hydrogen-bond donors (Lipinski definition) is 1. The lowest BCUT2D eigenvalue weighted by atomic mass is 10.3. The van der Waals surface area contributed by atoms with Gasteiger partial charge in [0.1, 0.15) is 5.82 Å². The Kier molecular flexibility index (Phi) is 3.28. The molecule has 1 N–H and O–H groups in total. The highest BCUT2D eigenvalue weighted by molar-refractivity contribution is 5.09. The minimum atomic E-state index is 0.875. The first-order valence-corrected chi connectivity index (χ1v) is 5.48. The van der Waals surface area contributed by atoms with Gasteiger partial charge < -0.3 is 5.32 Å². The van der Waals surface area contributed by atoms with E-state index in [1.54, 1.807) is 0 Å². The number of aromatic nitrogens is 2. The molecule has 82 valence electrons. The highest BCUT2D eigenvalue weighted by Gasteiger charge is 2.10. The zero-order chi connectivity index (χ0) is 10.7. The molecule has 1 saturated heterocycles. The van der Waals surface area contributed by atoms with Crippen LogP contribution in [0.5, 0.6) is 0 Å². The zero-order valence-electron chi connectivity index (χ0n) is 9.45. The lowest BCUT2D eigenvalue weighted by Gasteiger charge is -2.26. The molecule has 1 fully saturated rings. The Hall–Kier alpha value is -1.00. The lowest BCUT2D eigenvalue weighted by molar-refractivity contribution is 0.230. The fraction of sp³-hybridized carbons (Fsp3) is 0.636. The number of piperazine rings is 1. The van der Waals surface area contributed by atoms with Crippen molar-refractivity contribution in [3.8, 4) is 0 Å². The summed E-state index contributed by atoms with van der Waals surface area (Å²) in [5.41, 5.74) is 2.20. The molecular weight excluding hydrogens is 188 g/mol. The van der Waals surface area contributed by atoms with E-state index in [9.17, 15) is 0 Å². The van der Waals surface area contributed by atoms with Gasteiger partial charge in [-0.05, 0) is 19.9 Å². The topological polar surface area (TPSA) is 41.0 Å². The molecule has 0 aliphatic carbocycles. The summed E-state index contributed by atoms with van der Waals surface area (Å²) in [6.07, 6.45) is 0. The van der Waals surface area contributed by atoms with E-state index in [1.165, 1.54) is 0 Å². The van der Waals surface area contributed by atoms with E-state index in [-0.39, 0.29) is 0 Å². The van der Waals surface area contributed by atoms with E-state index in [0.717, 1.165) is 49.9 Å². The summed E-state index contributed by atoms with van der Waals surface area (Å²) in [5, 5.41) is 3.35. The summed E-state index contributed by atoms with van der Waals surface area (Å²) < 4.78 is 0. The normalized spacial score (nSPS) is 18.0. The maximum absolute atomic E-state index is 4.45. The minimum Gasteiger partial charge on any atom is -0.314 e. The van der Waals surface area contributed by atoms with E-state index < -0.39 is 0 Å². The van der Waals surface area contributed by atoms with Crippen LogP contribution in [0.25, 0.3) is 0 Å². The van der Waals surface area contributed by atoms with Gasteiger partial charge in [-0.1, -0.05) is 0 Å². The smallest absolute Gasteiger partial charge is 0.125 e. The van der Waals surface area contributed by atoms with Crippen LogP contribution in [0.3, 0.4) is 0 Å². The van der Waals surface area contributed by atoms with Crippen molar-refractivity contribution in [3.05, 3.63) is 23.3 Å². The first-order chi connectivity index (χ1) is 7.24. The molecular formula is C11H18N4. The molecule has 0 aromatic carbocycles. The molecule has 0 atom stereocenters. The van der Waals surface area contributed by atoms with Crippen LogP contribution < -0.4 is 5.32 Å². The van der Waals surface area contributed by atoms with Crippen molar-refractivity contribution in [2.75, 3.05) is 26.2 Å². The van der Waals surface area contributed by atoms with Crippen molar-refractivity contribution < 1.29 is 0 Å². The van der Waals surface area contributed by atoms with Gasteiger partial charge in [0.15, 0.2) is 0 Å². The monoisotopic (exact) mass is 206 g/mol. The van der Waals surface area contributed by atoms with Crippen LogP contribution in [0.2, 0.25) is 0 Å². The number of aryl methyl sites for hydroxylation is 2. The van der Waals surface area contributed by atoms with E-state index >= 15 is 0 Å². The van der Waals surface area contributed by atoms with Crippen LogP contribution in [-0.4, -0.2) is 41.0 Å².